The van der Waals surface area contributed by atoms with E-state index in [1.54, 1.807) is 0 Å². The van der Waals surface area contributed by atoms with Gasteiger partial charge in [-0.25, -0.2) is 0 Å². The van der Waals surface area contributed by atoms with Crippen molar-refractivity contribution in [1.82, 2.24) is 0 Å². The number of hydrogen-bond acceptors (Lipinski definition) is 3. The first kappa shape index (κ1) is 15.1. The van der Waals surface area contributed by atoms with Crippen LogP contribution in [0.3, 0.4) is 0 Å². The van der Waals surface area contributed by atoms with Crippen molar-refractivity contribution in [1.29, 1.82) is 0 Å². The van der Waals surface area contributed by atoms with Gasteiger partial charge in [0.2, 0.25) is 0 Å². The number of aliphatic carboxylic acids is 1. The average Bonchev–Trinajstić information content (AvgIpc) is 2.13. The van der Waals surface area contributed by atoms with Gasteiger partial charge in [-0.3, -0.25) is 4.79 Å². The smallest absolute Gasteiger partial charge is 0.306 e. The first-order valence-corrected chi connectivity index (χ1v) is 5.68. The number of rotatable bonds is 8. The van der Waals surface area contributed by atoms with Gasteiger partial charge in [-0.1, -0.05) is 38.8 Å². The van der Waals surface area contributed by atoms with E-state index < -0.39 is 18.2 Å². The summed E-state index contributed by atoms with van der Waals surface area (Å²) in [7, 11) is 0. The molecule has 0 aromatic rings. The Morgan fingerprint density at radius 1 is 1.12 bits per heavy atom. The van der Waals surface area contributed by atoms with Gasteiger partial charge in [-0.05, 0) is 12.3 Å². The Bertz CT molecular complexity index is 223. The molecule has 0 aliphatic rings. The number of carboxylic acid groups (broad SMARTS) is 1. The molecule has 0 aliphatic heterocycles. The zero-order valence-electron chi connectivity index (χ0n) is 9.97. The highest BCUT2D eigenvalue weighted by Gasteiger charge is 2.06. The van der Waals surface area contributed by atoms with Gasteiger partial charge in [0.15, 0.2) is 0 Å². The summed E-state index contributed by atoms with van der Waals surface area (Å²) in [4.78, 5) is 10.2. The van der Waals surface area contributed by atoms with Crippen molar-refractivity contribution in [2.75, 3.05) is 0 Å². The van der Waals surface area contributed by atoms with Crippen LogP contribution in [0.4, 0.5) is 0 Å². The molecule has 4 heteroatoms. The van der Waals surface area contributed by atoms with Crippen LogP contribution in [0.1, 0.15) is 39.5 Å². The van der Waals surface area contributed by atoms with E-state index in [-0.39, 0.29) is 6.42 Å². The standard InChI is InChI=1S/C12H22O4/c1-9(2)4-3-5-10(13)6-7-11(14)8-12(15)16/h6-7,9-11,13-14H,3-5,8H2,1-2H3,(H,15,16)/b7-6+/t10-,11+/m1/s1. The molecule has 0 saturated carbocycles. The first-order valence-electron chi connectivity index (χ1n) is 5.68. The molecule has 16 heavy (non-hydrogen) atoms. The van der Waals surface area contributed by atoms with Gasteiger partial charge in [0, 0.05) is 0 Å². The fraction of sp³-hybridized carbons (Fsp3) is 0.750. The molecule has 0 radical (unpaired) electrons. The van der Waals surface area contributed by atoms with Crippen molar-refractivity contribution in [2.24, 2.45) is 5.92 Å². The summed E-state index contributed by atoms with van der Waals surface area (Å²) < 4.78 is 0. The molecule has 0 spiro atoms. The van der Waals surface area contributed by atoms with Gasteiger partial charge in [0.25, 0.3) is 0 Å². The van der Waals surface area contributed by atoms with Crippen LogP contribution in [0, 0.1) is 5.92 Å². The predicted molar refractivity (Wildman–Crippen MR) is 62.1 cm³/mol. The van der Waals surface area contributed by atoms with Gasteiger partial charge >= 0.3 is 5.97 Å². The molecule has 0 bridgehead atoms. The summed E-state index contributed by atoms with van der Waals surface area (Å²) in [5, 5.41) is 27.1. The van der Waals surface area contributed by atoms with Crippen LogP contribution in [0.25, 0.3) is 0 Å². The second kappa shape index (κ2) is 8.30. The third-order valence-electron chi connectivity index (χ3n) is 2.22. The quantitative estimate of drug-likeness (QED) is 0.553. The molecule has 0 aromatic heterocycles. The molecule has 2 atom stereocenters. The number of aliphatic hydroxyl groups excluding tert-OH is 2. The largest absolute Gasteiger partial charge is 0.481 e. The Kier molecular flexibility index (Phi) is 7.85. The molecule has 0 heterocycles. The monoisotopic (exact) mass is 230 g/mol. The highest BCUT2D eigenvalue weighted by molar-refractivity contribution is 5.67. The van der Waals surface area contributed by atoms with Crippen LogP contribution in [0.5, 0.6) is 0 Å². The Morgan fingerprint density at radius 2 is 1.69 bits per heavy atom. The number of aliphatic hydroxyl groups is 2. The van der Waals surface area contributed by atoms with Crippen LogP contribution in [0.2, 0.25) is 0 Å². The topological polar surface area (TPSA) is 77.8 Å². The molecular formula is C12H22O4. The Morgan fingerprint density at radius 3 is 2.19 bits per heavy atom. The third kappa shape index (κ3) is 9.68. The second-order valence-electron chi connectivity index (χ2n) is 4.44. The van der Waals surface area contributed by atoms with Crippen molar-refractivity contribution in [3.8, 4) is 0 Å². The summed E-state index contributed by atoms with van der Waals surface area (Å²) in [5.74, 6) is -0.430. The minimum absolute atomic E-state index is 0.324. The van der Waals surface area contributed by atoms with E-state index in [0.717, 1.165) is 12.8 Å². The third-order valence-corrected chi connectivity index (χ3v) is 2.22. The van der Waals surface area contributed by atoms with Crippen LogP contribution in [-0.4, -0.2) is 33.5 Å². The Hall–Kier alpha value is -0.870. The average molecular weight is 230 g/mol. The summed E-state index contributed by atoms with van der Waals surface area (Å²) in [6.07, 6.45) is 3.51. The van der Waals surface area contributed by atoms with E-state index in [9.17, 15) is 15.0 Å². The minimum Gasteiger partial charge on any atom is -0.481 e. The summed E-state index contributed by atoms with van der Waals surface area (Å²) in [6.45, 7) is 4.25. The van der Waals surface area contributed by atoms with Crippen LogP contribution >= 0.6 is 0 Å². The van der Waals surface area contributed by atoms with Crippen molar-refractivity contribution in [3.05, 3.63) is 12.2 Å². The zero-order valence-corrected chi connectivity index (χ0v) is 9.97. The van der Waals surface area contributed by atoms with Gasteiger partial charge in [0.1, 0.15) is 0 Å². The molecule has 0 amide bonds. The number of carbonyl (C=O) groups is 1. The molecular weight excluding hydrogens is 208 g/mol. The maximum absolute atomic E-state index is 10.2. The molecule has 0 fully saturated rings. The normalized spacial score (nSPS) is 15.6. The van der Waals surface area contributed by atoms with Gasteiger partial charge in [-0.15, -0.1) is 0 Å². The first-order chi connectivity index (χ1) is 7.41. The minimum atomic E-state index is -1.05. The Labute approximate surface area is 96.6 Å². The highest BCUT2D eigenvalue weighted by atomic mass is 16.4. The molecule has 0 aromatic carbocycles. The van der Waals surface area contributed by atoms with E-state index >= 15 is 0 Å². The van der Waals surface area contributed by atoms with Crippen LogP contribution in [0.15, 0.2) is 12.2 Å². The molecule has 3 N–H and O–H groups in total. The maximum atomic E-state index is 10.2. The molecule has 0 unspecified atom stereocenters. The van der Waals surface area contributed by atoms with Gasteiger partial charge in [-0.2, -0.15) is 0 Å². The van der Waals surface area contributed by atoms with Crippen LogP contribution < -0.4 is 0 Å². The lowest BCUT2D eigenvalue weighted by molar-refractivity contribution is -0.138. The molecule has 0 aliphatic carbocycles. The lowest BCUT2D eigenvalue weighted by Crippen LogP contribution is -2.11. The summed E-state index contributed by atoms with van der Waals surface area (Å²) in [5.41, 5.74) is 0. The SMILES string of the molecule is CC(C)CCC[C@@H](O)/C=C/[C@H](O)CC(=O)O. The second-order valence-corrected chi connectivity index (χ2v) is 4.44. The molecule has 4 nitrogen and oxygen atoms in total. The summed E-state index contributed by atoms with van der Waals surface area (Å²) in [6, 6.07) is 0. The molecule has 0 rings (SSSR count). The van der Waals surface area contributed by atoms with Crippen molar-refractivity contribution < 1.29 is 20.1 Å². The summed E-state index contributed by atoms with van der Waals surface area (Å²) >= 11 is 0. The predicted octanol–water partition coefficient (Wildman–Crippen LogP) is 1.57. The fourth-order valence-electron chi connectivity index (χ4n) is 1.33. The van der Waals surface area contributed by atoms with Gasteiger partial charge in [0.05, 0.1) is 18.6 Å². The molecule has 94 valence electrons. The van der Waals surface area contributed by atoms with E-state index in [1.807, 2.05) is 0 Å². The zero-order chi connectivity index (χ0) is 12.6. The van der Waals surface area contributed by atoms with E-state index in [1.165, 1.54) is 12.2 Å². The van der Waals surface area contributed by atoms with E-state index in [4.69, 9.17) is 5.11 Å². The Balaban J connectivity index is 3.72. The highest BCUT2D eigenvalue weighted by Crippen LogP contribution is 2.09. The maximum Gasteiger partial charge on any atom is 0.306 e. The van der Waals surface area contributed by atoms with E-state index in [0.29, 0.717) is 12.3 Å². The fourth-order valence-corrected chi connectivity index (χ4v) is 1.33. The van der Waals surface area contributed by atoms with Crippen LogP contribution in [-0.2, 0) is 4.79 Å². The van der Waals surface area contributed by atoms with E-state index in [2.05, 4.69) is 13.8 Å². The molecule has 0 saturated heterocycles. The lowest BCUT2D eigenvalue weighted by atomic mass is 10.0. The number of hydrogen-bond donors (Lipinski definition) is 3. The van der Waals surface area contributed by atoms with Crippen molar-refractivity contribution in [3.63, 3.8) is 0 Å². The number of carboxylic acids is 1. The van der Waals surface area contributed by atoms with Crippen molar-refractivity contribution >= 4 is 5.97 Å². The lowest BCUT2D eigenvalue weighted by Gasteiger charge is -2.08. The van der Waals surface area contributed by atoms with Gasteiger partial charge < -0.3 is 15.3 Å². The van der Waals surface area contributed by atoms with Crippen molar-refractivity contribution in [2.45, 2.75) is 51.7 Å².